The Morgan fingerprint density at radius 2 is 1.06 bits per heavy atom. The molecule has 47 heavy (non-hydrogen) atoms. The van der Waals surface area contributed by atoms with Gasteiger partial charge in [0.1, 0.15) is 17.0 Å². The number of benzene rings is 8. The molecule has 0 saturated carbocycles. The van der Waals surface area contributed by atoms with Crippen molar-refractivity contribution in [1.29, 1.82) is 0 Å². The van der Waals surface area contributed by atoms with Crippen LogP contribution in [0.5, 0.6) is 0 Å². The maximum Gasteiger partial charge on any atom is 0.143 e. The van der Waals surface area contributed by atoms with E-state index >= 15 is 0 Å². The number of fused-ring (bicyclic) bond motifs is 8. The van der Waals surface area contributed by atoms with Crippen LogP contribution in [0.3, 0.4) is 0 Å². The van der Waals surface area contributed by atoms with E-state index in [1.54, 1.807) is 0 Å². The molecule has 0 unspecified atom stereocenters. The number of hydrogen-bond acceptors (Lipinski definition) is 2. The molecule has 8 aromatic carbocycles. The smallest absolute Gasteiger partial charge is 0.143 e. The zero-order valence-corrected chi connectivity index (χ0v) is 25.7. The summed E-state index contributed by atoms with van der Waals surface area (Å²) in [6.45, 7) is 0. The molecule has 0 atom stereocenters. The summed E-state index contributed by atoms with van der Waals surface area (Å²) in [4.78, 5) is 5.12. The van der Waals surface area contributed by atoms with Gasteiger partial charge in [-0.3, -0.25) is 0 Å². The quantitative estimate of drug-likeness (QED) is 0.189. The lowest BCUT2D eigenvalue weighted by atomic mass is 9.85. The van der Waals surface area contributed by atoms with Gasteiger partial charge in [0.2, 0.25) is 0 Å². The van der Waals surface area contributed by atoms with Crippen molar-refractivity contribution in [3.05, 3.63) is 152 Å². The van der Waals surface area contributed by atoms with E-state index in [2.05, 4.69) is 157 Å². The molecule has 0 bridgehead atoms. The number of imidazole rings is 1. The zero-order chi connectivity index (χ0) is 31.1. The van der Waals surface area contributed by atoms with E-state index in [9.17, 15) is 0 Å². The molecular formula is C44H28N2O. The second kappa shape index (κ2) is 9.90. The molecule has 0 radical (unpaired) electrons. The molecule has 0 N–H and O–H groups in total. The van der Waals surface area contributed by atoms with Crippen molar-refractivity contribution in [1.82, 2.24) is 9.55 Å². The molecular weight excluding hydrogens is 572 g/mol. The van der Waals surface area contributed by atoms with Crippen molar-refractivity contribution in [2.75, 3.05) is 0 Å². The van der Waals surface area contributed by atoms with E-state index in [0.717, 1.165) is 55.3 Å². The standard InChI is InChI=1S/C44H28N2O/c1-46-39-23-20-30(26-38(39)45-44(46)28-12-3-2-4-13-28)42-34-17-9-7-15-32(34)41(33-16-8-10-18-35(33)42)29-21-24-40-37(25-29)36-22-19-27-11-5-6-14-31(27)43(36)47-40/h2-26H,1H3. The van der Waals surface area contributed by atoms with Gasteiger partial charge in [-0.05, 0) is 79.5 Å². The normalized spacial score (nSPS) is 11.9. The molecule has 0 spiro atoms. The van der Waals surface area contributed by atoms with Gasteiger partial charge in [0.15, 0.2) is 0 Å². The number of aryl methyl sites for hydroxylation is 1. The Labute approximate surface area is 270 Å². The van der Waals surface area contributed by atoms with Gasteiger partial charge in [-0.15, -0.1) is 0 Å². The molecule has 0 amide bonds. The number of furan rings is 1. The maximum atomic E-state index is 6.47. The minimum absolute atomic E-state index is 0.906. The molecule has 2 aromatic heterocycles. The highest BCUT2D eigenvalue weighted by molar-refractivity contribution is 6.23. The lowest BCUT2D eigenvalue weighted by Crippen LogP contribution is -1.92. The van der Waals surface area contributed by atoms with Crippen molar-refractivity contribution in [2.24, 2.45) is 7.05 Å². The van der Waals surface area contributed by atoms with Crippen LogP contribution >= 0.6 is 0 Å². The first-order chi connectivity index (χ1) is 23.2. The van der Waals surface area contributed by atoms with Gasteiger partial charge >= 0.3 is 0 Å². The topological polar surface area (TPSA) is 31.0 Å². The Bertz CT molecular complexity index is 2800. The fourth-order valence-electron chi connectivity index (χ4n) is 7.61. The zero-order valence-electron chi connectivity index (χ0n) is 25.7. The third kappa shape index (κ3) is 3.84. The van der Waals surface area contributed by atoms with E-state index in [1.807, 2.05) is 6.07 Å². The average molecular weight is 601 g/mol. The van der Waals surface area contributed by atoms with Crippen LogP contribution in [-0.2, 0) is 7.05 Å². The predicted molar refractivity (Wildman–Crippen MR) is 197 cm³/mol. The summed E-state index contributed by atoms with van der Waals surface area (Å²) in [7, 11) is 2.10. The lowest BCUT2D eigenvalue weighted by molar-refractivity contribution is 0.672. The fourth-order valence-corrected chi connectivity index (χ4v) is 7.61. The van der Waals surface area contributed by atoms with Gasteiger partial charge in [0.25, 0.3) is 0 Å². The Hall–Kier alpha value is -6.19. The van der Waals surface area contributed by atoms with Crippen LogP contribution in [0.4, 0.5) is 0 Å². The van der Waals surface area contributed by atoms with Gasteiger partial charge < -0.3 is 8.98 Å². The van der Waals surface area contributed by atoms with Crippen molar-refractivity contribution in [3.63, 3.8) is 0 Å². The van der Waals surface area contributed by atoms with Crippen LogP contribution in [0.15, 0.2) is 156 Å². The van der Waals surface area contributed by atoms with Crippen molar-refractivity contribution < 1.29 is 4.42 Å². The Morgan fingerprint density at radius 1 is 0.468 bits per heavy atom. The van der Waals surface area contributed by atoms with Gasteiger partial charge in [0, 0.05) is 28.8 Å². The highest BCUT2D eigenvalue weighted by Crippen LogP contribution is 2.45. The van der Waals surface area contributed by atoms with E-state index in [-0.39, 0.29) is 0 Å². The number of aromatic nitrogens is 2. The molecule has 3 nitrogen and oxygen atoms in total. The first kappa shape index (κ1) is 26.1. The molecule has 3 heteroatoms. The predicted octanol–water partition coefficient (Wildman–Crippen LogP) is 11.9. The van der Waals surface area contributed by atoms with Gasteiger partial charge in [-0.25, -0.2) is 4.98 Å². The van der Waals surface area contributed by atoms with Crippen molar-refractivity contribution in [3.8, 4) is 33.6 Å². The summed E-state index contributed by atoms with van der Waals surface area (Å²) in [6, 6.07) is 54.3. The first-order valence-corrected chi connectivity index (χ1v) is 16.0. The molecule has 0 saturated heterocycles. The molecule has 0 aliphatic carbocycles. The lowest BCUT2D eigenvalue weighted by Gasteiger charge is -2.17. The highest BCUT2D eigenvalue weighted by atomic mass is 16.3. The largest absolute Gasteiger partial charge is 0.455 e. The fraction of sp³-hybridized carbons (Fsp3) is 0.0227. The summed E-state index contributed by atoms with van der Waals surface area (Å²) in [5.74, 6) is 0.970. The minimum atomic E-state index is 0.906. The average Bonchev–Trinajstić information content (AvgIpc) is 3.67. The number of rotatable bonds is 3. The van der Waals surface area contributed by atoms with Crippen LogP contribution in [0.2, 0.25) is 0 Å². The minimum Gasteiger partial charge on any atom is -0.455 e. The summed E-state index contributed by atoms with van der Waals surface area (Å²) < 4.78 is 8.66. The molecule has 0 aliphatic rings. The van der Waals surface area contributed by atoms with E-state index < -0.39 is 0 Å². The third-order valence-corrected chi connectivity index (χ3v) is 9.78. The summed E-state index contributed by atoms with van der Waals surface area (Å²) >= 11 is 0. The molecule has 10 rings (SSSR count). The van der Waals surface area contributed by atoms with E-state index in [0.29, 0.717) is 0 Å². The Morgan fingerprint density at radius 3 is 1.77 bits per heavy atom. The SMILES string of the molecule is Cn1c(-c2ccccc2)nc2cc(-c3c4ccccc4c(-c4ccc5oc6c7ccccc7ccc6c5c4)c4ccccc34)ccc21. The third-order valence-electron chi connectivity index (χ3n) is 9.78. The van der Waals surface area contributed by atoms with Crippen LogP contribution < -0.4 is 0 Å². The summed E-state index contributed by atoms with van der Waals surface area (Å²) in [5, 5.41) is 9.51. The second-order valence-electron chi connectivity index (χ2n) is 12.4. The number of nitrogens with zero attached hydrogens (tertiary/aromatic N) is 2. The van der Waals surface area contributed by atoms with Crippen LogP contribution in [-0.4, -0.2) is 9.55 Å². The van der Waals surface area contributed by atoms with E-state index in [4.69, 9.17) is 9.40 Å². The maximum absolute atomic E-state index is 6.47. The summed E-state index contributed by atoms with van der Waals surface area (Å²) in [5.41, 5.74) is 9.89. The molecule has 10 aromatic rings. The van der Waals surface area contributed by atoms with Crippen molar-refractivity contribution in [2.45, 2.75) is 0 Å². The van der Waals surface area contributed by atoms with E-state index in [1.165, 1.54) is 43.6 Å². The first-order valence-electron chi connectivity index (χ1n) is 16.0. The number of hydrogen-bond donors (Lipinski definition) is 0. The van der Waals surface area contributed by atoms with Crippen LogP contribution in [0.1, 0.15) is 0 Å². The Kier molecular flexibility index (Phi) is 5.49. The van der Waals surface area contributed by atoms with Crippen LogP contribution in [0, 0.1) is 0 Å². The monoisotopic (exact) mass is 600 g/mol. The second-order valence-corrected chi connectivity index (χ2v) is 12.4. The highest BCUT2D eigenvalue weighted by Gasteiger charge is 2.19. The molecule has 0 fully saturated rings. The van der Waals surface area contributed by atoms with Gasteiger partial charge in [0.05, 0.1) is 11.0 Å². The van der Waals surface area contributed by atoms with Gasteiger partial charge in [-0.1, -0.05) is 121 Å². The molecule has 220 valence electrons. The van der Waals surface area contributed by atoms with Crippen molar-refractivity contribution >= 4 is 65.3 Å². The Balaban J connectivity index is 1.22. The summed E-state index contributed by atoms with van der Waals surface area (Å²) in [6.07, 6.45) is 0. The molecule has 0 aliphatic heterocycles. The van der Waals surface area contributed by atoms with Crippen LogP contribution in [0.25, 0.3) is 98.9 Å². The van der Waals surface area contributed by atoms with Gasteiger partial charge in [-0.2, -0.15) is 0 Å². The molecule has 2 heterocycles.